The van der Waals surface area contributed by atoms with E-state index in [1.54, 1.807) is 0 Å². The quantitative estimate of drug-likeness (QED) is 0.776. The van der Waals surface area contributed by atoms with Crippen LogP contribution in [-0.2, 0) is 9.53 Å². The first-order chi connectivity index (χ1) is 9.67. The van der Waals surface area contributed by atoms with E-state index in [1.807, 2.05) is 7.05 Å². The molecule has 1 heterocycles. The largest absolute Gasteiger partial charge is 0.374 e. The van der Waals surface area contributed by atoms with Crippen LogP contribution in [0.5, 0.6) is 0 Å². The molecule has 1 aliphatic heterocycles. The molecule has 5 nitrogen and oxygen atoms in total. The summed E-state index contributed by atoms with van der Waals surface area (Å²) >= 11 is 0. The van der Waals surface area contributed by atoms with Gasteiger partial charge in [-0.2, -0.15) is 0 Å². The van der Waals surface area contributed by atoms with Crippen molar-refractivity contribution in [3.63, 3.8) is 0 Å². The average Bonchev–Trinajstić information content (AvgIpc) is 2.42. The number of rotatable bonds is 5. The first-order valence-electron chi connectivity index (χ1n) is 7.95. The topological polar surface area (TPSA) is 53.6 Å². The number of ether oxygens (including phenoxy) is 1. The third-order valence-corrected chi connectivity index (χ3v) is 4.40. The van der Waals surface area contributed by atoms with Gasteiger partial charge in [-0.05, 0) is 38.6 Å². The molecule has 116 valence electrons. The number of nitrogens with zero attached hydrogens (tertiary/aromatic N) is 1. The predicted molar refractivity (Wildman–Crippen MR) is 79.7 cm³/mol. The molecule has 1 saturated heterocycles. The van der Waals surface area contributed by atoms with Crippen LogP contribution in [0.2, 0.25) is 0 Å². The third-order valence-electron chi connectivity index (χ3n) is 4.40. The smallest absolute Gasteiger partial charge is 0.234 e. The molecule has 1 aliphatic carbocycles. The Hall–Kier alpha value is -0.650. The lowest BCUT2D eigenvalue weighted by Gasteiger charge is -2.33. The highest BCUT2D eigenvalue weighted by atomic mass is 16.5. The maximum atomic E-state index is 12.1. The van der Waals surface area contributed by atoms with E-state index in [0.717, 1.165) is 45.0 Å². The summed E-state index contributed by atoms with van der Waals surface area (Å²) in [4.78, 5) is 14.3. The minimum Gasteiger partial charge on any atom is -0.374 e. The second kappa shape index (κ2) is 7.96. The van der Waals surface area contributed by atoms with Crippen molar-refractivity contribution < 1.29 is 9.53 Å². The SMILES string of the molecule is CNCC1CN(CC(=O)NC2CCC(C)CC2)CCO1. The molecule has 2 aliphatic rings. The van der Waals surface area contributed by atoms with Gasteiger partial charge in [-0.15, -0.1) is 0 Å². The highest BCUT2D eigenvalue weighted by Gasteiger charge is 2.24. The maximum Gasteiger partial charge on any atom is 0.234 e. The van der Waals surface area contributed by atoms with Crippen molar-refractivity contribution in [1.29, 1.82) is 0 Å². The number of carbonyl (C=O) groups is 1. The summed E-state index contributed by atoms with van der Waals surface area (Å²) in [5.41, 5.74) is 0. The summed E-state index contributed by atoms with van der Waals surface area (Å²) in [6.45, 7) is 6.08. The minimum atomic E-state index is 0.176. The van der Waals surface area contributed by atoms with Gasteiger partial charge in [0.2, 0.25) is 5.91 Å². The lowest BCUT2D eigenvalue weighted by molar-refractivity contribution is -0.125. The van der Waals surface area contributed by atoms with Crippen LogP contribution in [0.15, 0.2) is 0 Å². The van der Waals surface area contributed by atoms with E-state index < -0.39 is 0 Å². The lowest BCUT2D eigenvalue weighted by atomic mass is 9.87. The van der Waals surface area contributed by atoms with Gasteiger partial charge >= 0.3 is 0 Å². The fourth-order valence-corrected chi connectivity index (χ4v) is 3.16. The summed E-state index contributed by atoms with van der Waals surface area (Å²) in [5.74, 6) is 0.999. The summed E-state index contributed by atoms with van der Waals surface area (Å²) < 4.78 is 5.66. The number of hydrogen-bond donors (Lipinski definition) is 2. The van der Waals surface area contributed by atoms with Crippen LogP contribution in [0.25, 0.3) is 0 Å². The molecule has 0 spiro atoms. The Labute approximate surface area is 122 Å². The molecule has 20 heavy (non-hydrogen) atoms. The number of likely N-dealkylation sites (N-methyl/N-ethyl adjacent to an activating group) is 1. The van der Waals surface area contributed by atoms with Crippen LogP contribution < -0.4 is 10.6 Å². The molecular formula is C15H29N3O2. The molecule has 0 aromatic heterocycles. The Kier molecular flexibility index (Phi) is 6.26. The fraction of sp³-hybridized carbons (Fsp3) is 0.933. The average molecular weight is 283 g/mol. The summed E-state index contributed by atoms with van der Waals surface area (Å²) in [6.07, 6.45) is 4.97. The van der Waals surface area contributed by atoms with E-state index in [1.165, 1.54) is 12.8 Å². The van der Waals surface area contributed by atoms with E-state index >= 15 is 0 Å². The van der Waals surface area contributed by atoms with Crippen LogP contribution in [0, 0.1) is 5.92 Å². The van der Waals surface area contributed by atoms with Gasteiger partial charge in [0, 0.05) is 25.7 Å². The van der Waals surface area contributed by atoms with E-state index in [-0.39, 0.29) is 12.0 Å². The van der Waals surface area contributed by atoms with Gasteiger partial charge in [-0.3, -0.25) is 9.69 Å². The van der Waals surface area contributed by atoms with Gasteiger partial charge in [0.25, 0.3) is 0 Å². The van der Waals surface area contributed by atoms with E-state index in [4.69, 9.17) is 4.74 Å². The molecule has 0 aromatic rings. The van der Waals surface area contributed by atoms with Crippen molar-refractivity contribution in [2.24, 2.45) is 5.92 Å². The molecule has 0 aromatic carbocycles. The zero-order valence-electron chi connectivity index (χ0n) is 12.9. The zero-order valence-corrected chi connectivity index (χ0v) is 12.9. The van der Waals surface area contributed by atoms with Crippen molar-refractivity contribution >= 4 is 5.91 Å². The molecule has 2 fully saturated rings. The highest BCUT2D eigenvalue weighted by Crippen LogP contribution is 2.23. The molecule has 0 bridgehead atoms. The molecule has 2 N–H and O–H groups in total. The van der Waals surface area contributed by atoms with Gasteiger partial charge in [0.1, 0.15) is 0 Å². The van der Waals surface area contributed by atoms with E-state index in [2.05, 4.69) is 22.5 Å². The van der Waals surface area contributed by atoms with Crippen LogP contribution in [0.3, 0.4) is 0 Å². The normalized spacial score (nSPS) is 32.0. The van der Waals surface area contributed by atoms with Gasteiger partial charge < -0.3 is 15.4 Å². The second-order valence-electron chi connectivity index (χ2n) is 6.31. The number of nitrogens with one attached hydrogen (secondary N) is 2. The Balaban J connectivity index is 1.68. The number of morpholine rings is 1. The zero-order chi connectivity index (χ0) is 14.4. The van der Waals surface area contributed by atoms with Crippen molar-refractivity contribution in [3.8, 4) is 0 Å². The third kappa shape index (κ3) is 5.04. The molecule has 1 atom stereocenters. The Bertz CT molecular complexity index is 301. The van der Waals surface area contributed by atoms with E-state index in [9.17, 15) is 4.79 Å². The molecule has 5 heteroatoms. The summed E-state index contributed by atoms with van der Waals surface area (Å²) in [5, 5.41) is 6.33. The lowest BCUT2D eigenvalue weighted by Crippen LogP contribution is -2.50. The van der Waals surface area contributed by atoms with E-state index in [0.29, 0.717) is 12.6 Å². The second-order valence-corrected chi connectivity index (χ2v) is 6.31. The molecule has 1 unspecified atom stereocenters. The van der Waals surface area contributed by atoms with Crippen molar-refractivity contribution in [1.82, 2.24) is 15.5 Å². The molecule has 1 saturated carbocycles. The standard InChI is InChI=1S/C15H29N3O2/c1-12-3-5-13(6-4-12)17-15(19)11-18-7-8-20-14(10-18)9-16-2/h12-14,16H,3-11H2,1-2H3,(H,17,19). The van der Waals surface area contributed by atoms with Gasteiger partial charge in [0.05, 0.1) is 19.3 Å². The van der Waals surface area contributed by atoms with Crippen molar-refractivity contribution in [2.45, 2.75) is 44.8 Å². The summed E-state index contributed by atoms with van der Waals surface area (Å²) in [7, 11) is 1.93. The number of carbonyl (C=O) groups excluding carboxylic acids is 1. The molecule has 2 rings (SSSR count). The predicted octanol–water partition coefficient (Wildman–Crippen LogP) is 0.602. The van der Waals surface area contributed by atoms with Crippen LogP contribution in [0.1, 0.15) is 32.6 Å². The first-order valence-corrected chi connectivity index (χ1v) is 7.95. The maximum absolute atomic E-state index is 12.1. The Morgan fingerprint density at radius 3 is 2.75 bits per heavy atom. The van der Waals surface area contributed by atoms with Gasteiger partial charge in [-0.25, -0.2) is 0 Å². The van der Waals surface area contributed by atoms with Crippen LogP contribution >= 0.6 is 0 Å². The molecular weight excluding hydrogens is 254 g/mol. The first kappa shape index (κ1) is 15.7. The number of amides is 1. The van der Waals surface area contributed by atoms with Gasteiger partial charge in [-0.1, -0.05) is 6.92 Å². The Morgan fingerprint density at radius 1 is 1.30 bits per heavy atom. The molecule has 0 radical (unpaired) electrons. The highest BCUT2D eigenvalue weighted by molar-refractivity contribution is 5.78. The van der Waals surface area contributed by atoms with Gasteiger partial charge in [0.15, 0.2) is 0 Å². The number of hydrogen-bond acceptors (Lipinski definition) is 4. The van der Waals surface area contributed by atoms with Crippen LogP contribution in [-0.4, -0.2) is 62.8 Å². The monoisotopic (exact) mass is 283 g/mol. The van der Waals surface area contributed by atoms with Crippen molar-refractivity contribution in [3.05, 3.63) is 0 Å². The molecule has 1 amide bonds. The summed E-state index contributed by atoms with van der Waals surface area (Å²) in [6, 6.07) is 0.396. The minimum absolute atomic E-state index is 0.176. The fourth-order valence-electron chi connectivity index (χ4n) is 3.16. The van der Waals surface area contributed by atoms with Crippen molar-refractivity contribution in [2.75, 3.05) is 39.8 Å². The van der Waals surface area contributed by atoms with Crippen LogP contribution in [0.4, 0.5) is 0 Å². The Morgan fingerprint density at radius 2 is 2.05 bits per heavy atom.